The van der Waals surface area contributed by atoms with Crippen molar-refractivity contribution >= 4 is 140 Å². The van der Waals surface area contributed by atoms with E-state index in [1.54, 1.807) is 0 Å². The Morgan fingerprint density at radius 3 is 0.904 bits per heavy atom. The third-order valence-corrected chi connectivity index (χ3v) is 10.6. The second-order valence-corrected chi connectivity index (χ2v) is 15.8. The molecule has 0 aliphatic carbocycles. The molecule has 0 aliphatic rings. The minimum atomic E-state index is -4.77. The van der Waals surface area contributed by atoms with Crippen molar-refractivity contribution in [3.8, 4) is 0 Å². The van der Waals surface area contributed by atoms with Gasteiger partial charge in [-0.15, -0.1) is 0 Å². The zero-order valence-corrected chi connectivity index (χ0v) is 32.4. The van der Waals surface area contributed by atoms with Crippen LogP contribution in [0.5, 0.6) is 0 Å². The van der Waals surface area contributed by atoms with Crippen molar-refractivity contribution in [3.05, 3.63) is 0 Å². The number of carbonyl (C=O) groups excluding carboxylic acids is 2. The Labute approximate surface area is 411 Å². The van der Waals surface area contributed by atoms with E-state index in [0.29, 0.717) is 12.8 Å². The van der Waals surface area contributed by atoms with Crippen molar-refractivity contribution in [2.24, 2.45) is 0 Å². The Kier molecular flexibility index (Phi) is 61.5. The molecular weight excluding hydrogens is 716 g/mol. The predicted octanol–water partition coefficient (Wildman–Crippen LogP) is 9.65. The van der Waals surface area contributed by atoms with E-state index in [2.05, 4.69) is 13.8 Å². The topological polar surface area (TPSA) is 107 Å². The number of esters is 2. The van der Waals surface area contributed by atoms with Gasteiger partial charge >= 0.3 is 130 Å². The molecule has 0 saturated carbocycles. The second kappa shape index (κ2) is 50.0. The van der Waals surface area contributed by atoms with E-state index >= 15 is 0 Å². The van der Waals surface area contributed by atoms with Gasteiger partial charge in [-0.05, 0) is 12.8 Å². The third-order valence-electron chi connectivity index (χ3n) is 9.48. The first kappa shape index (κ1) is 64.0. The van der Waals surface area contributed by atoms with Gasteiger partial charge in [0.25, 0.3) is 10.1 Å². The van der Waals surface area contributed by atoms with E-state index in [1.807, 2.05) is 0 Å². The van der Waals surface area contributed by atoms with Crippen molar-refractivity contribution in [2.45, 2.75) is 231 Å². The van der Waals surface area contributed by atoms with E-state index in [-0.39, 0.29) is 131 Å². The first-order chi connectivity index (χ1) is 23.3. The zero-order chi connectivity index (χ0) is 35.4. The van der Waals surface area contributed by atoms with Gasteiger partial charge in [0.1, 0.15) is 0 Å². The summed E-state index contributed by atoms with van der Waals surface area (Å²) in [7, 11) is -4.77. The van der Waals surface area contributed by atoms with Gasteiger partial charge in [-0.2, -0.15) is 8.42 Å². The summed E-state index contributed by atoms with van der Waals surface area (Å²) >= 11 is 0. The van der Waals surface area contributed by atoms with Crippen molar-refractivity contribution in [1.82, 2.24) is 0 Å². The molecule has 0 heterocycles. The fourth-order valence-electron chi connectivity index (χ4n) is 6.27. The molecular formula is C40H82Na4O7S. The van der Waals surface area contributed by atoms with E-state index < -0.39 is 33.7 Å². The van der Waals surface area contributed by atoms with Crippen LogP contribution in [0.25, 0.3) is 0 Å². The van der Waals surface area contributed by atoms with Crippen LogP contribution < -0.4 is 0 Å². The van der Waals surface area contributed by atoms with Gasteiger partial charge in [-0.1, -0.05) is 206 Å². The number of carbonyl (C=O) groups is 2. The number of unbranched alkanes of at least 4 members (excludes halogenated alkanes) is 30. The summed E-state index contributed by atoms with van der Waals surface area (Å²) in [5, 5.41) is -1.93. The van der Waals surface area contributed by atoms with Crippen LogP contribution in [-0.2, 0) is 29.2 Å². The van der Waals surface area contributed by atoms with Crippen LogP contribution >= 0.6 is 0 Å². The molecule has 0 aromatic rings. The summed E-state index contributed by atoms with van der Waals surface area (Å²) in [6.45, 7) is 4.78. The number of hydrogen-bond donors (Lipinski definition) is 1. The van der Waals surface area contributed by atoms with E-state index in [0.717, 1.165) is 32.1 Å². The van der Waals surface area contributed by atoms with E-state index in [9.17, 15) is 22.6 Å². The molecule has 0 rings (SSSR count). The standard InChI is InChI=1S/C40H78O7S.4Na.4H/c1-3-5-7-9-11-13-15-17-19-21-23-25-27-29-31-33-35-46-39(41)37-38(48(43,44)45)40(42)47-36-34-32-30-28-26-24-22-20-18-16-14-12-10-8-6-4-2;;;;;;;;/h38H,3-37H2,1-2H3,(H,43,44,45);;;;;;;;. The average molecular weight is 799 g/mol. The van der Waals surface area contributed by atoms with Crippen LogP contribution in [0.3, 0.4) is 0 Å². The Balaban J connectivity index is -0.00000184. The number of ether oxygens (including phenoxy) is 2. The quantitative estimate of drug-likeness (QED) is 0.0287. The van der Waals surface area contributed by atoms with Crippen LogP contribution in [0, 0.1) is 0 Å². The maximum absolute atomic E-state index is 12.3. The van der Waals surface area contributed by atoms with Gasteiger partial charge in [0, 0.05) is 0 Å². The van der Waals surface area contributed by atoms with Crippen molar-refractivity contribution in [1.29, 1.82) is 0 Å². The summed E-state index contributed by atoms with van der Waals surface area (Å²) in [5.74, 6) is -1.89. The van der Waals surface area contributed by atoms with E-state index in [4.69, 9.17) is 9.47 Å². The molecule has 1 atom stereocenters. The SMILES string of the molecule is CCCCCCCCCCCCCCCCCCOC(=O)CC(C(=O)OCCCCCCCCCCCCCCCCCC)S(=O)(=O)O.[NaH].[NaH].[NaH].[NaH]. The predicted molar refractivity (Wildman–Crippen MR) is 230 cm³/mol. The van der Waals surface area contributed by atoms with Crippen LogP contribution in [0.4, 0.5) is 0 Å². The summed E-state index contributed by atoms with van der Waals surface area (Å²) < 4.78 is 43.3. The maximum atomic E-state index is 12.3. The monoisotopic (exact) mass is 799 g/mol. The first-order valence-electron chi connectivity index (χ1n) is 20.6. The fourth-order valence-corrected chi connectivity index (χ4v) is 6.93. The number of hydrogen-bond acceptors (Lipinski definition) is 6. The van der Waals surface area contributed by atoms with Crippen molar-refractivity contribution in [3.63, 3.8) is 0 Å². The van der Waals surface area contributed by atoms with Crippen LogP contribution in [0.2, 0.25) is 0 Å². The normalized spacial score (nSPS) is 11.4. The van der Waals surface area contributed by atoms with Crippen LogP contribution in [0.15, 0.2) is 0 Å². The molecule has 12 heteroatoms. The molecule has 7 nitrogen and oxygen atoms in total. The van der Waals surface area contributed by atoms with Gasteiger partial charge in [0.15, 0.2) is 5.25 Å². The molecule has 1 N–H and O–H groups in total. The molecule has 0 saturated heterocycles. The van der Waals surface area contributed by atoms with Gasteiger partial charge in [0.05, 0.1) is 19.6 Å². The minimum absolute atomic E-state index is 0. The molecule has 294 valence electrons. The Morgan fingerprint density at radius 2 is 0.654 bits per heavy atom. The average Bonchev–Trinajstić information content (AvgIpc) is 3.05. The molecule has 1 unspecified atom stereocenters. The Morgan fingerprint density at radius 1 is 0.423 bits per heavy atom. The van der Waals surface area contributed by atoms with Crippen molar-refractivity contribution in [2.75, 3.05) is 13.2 Å². The van der Waals surface area contributed by atoms with Crippen molar-refractivity contribution < 1.29 is 32.0 Å². The number of rotatable bonds is 38. The molecule has 52 heavy (non-hydrogen) atoms. The summed E-state index contributed by atoms with van der Waals surface area (Å²) in [5.41, 5.74) is 0. The van der Waals surface area contributed by atoms with Crippen LogP contribution in [0.1, 0.15) is 226 Å². The first-order valence-corrected chi connectivity index (χ1v) is 22.1. The van der Waals surface area contributed by atoms with Gasteiger partial charge in [-0.25, -0.2) is 0 Å². The molecule has 0 amide bonds. The Hall–Kier alpha value is 2.85. The summed E-state index contributed by atoms with van der Waals surface area (Å²) in [4.78, 5) is 24.5. The fraction of sp³-hybridized carbons (Fsp3) is 0.950. The molecule has 0 spiro atoms. The Bertz CT molecular complexity index is 835. The molecule has 0 fully saturated rings. The van der Waals surface area contributed by atoms with E-state index in [1.165, 1.54) is 161 Å². The zero-order valence-electron chi connectivity index (χ0n) is 31.6. The van der Waals surface area contributed by atoms with Gasteiger partial charge in [0.2, 0.25) is 0 Å². The molecule has 0 aliphatic heterocycles. The summed E-state index contributed by atoms with van der Waals surface area (Å²) in [6.07, 6.45) is 39.0. The summed E-state index contributed by atoms with van der Waals surface area (Å²) in [6, 6.07) is 0. The molecule has 0 aromatic carbocycles. The van der Waals surface area contributed by atoms with Gasteiger partial charge < -0.3 is 9.47 Å². The molecule has 0 radical (unpaired) electrons. The molecule has 0 aromatic heterocycles. The van der Waals surface area contributed by atoms with Crippen LogP contribution in [-0.4, -0.2) is 162 Å². The second-order valence-electron chi connectivity index (χ2n) is 14.2. The molecule has 0 bridgehead atoms. The third kappa shape index (κ3) is 47.2. The van der Waals surface area contributed by atoms with Gasteiger partial charge in [-0.3, -0.25) is 14.1 Å².